The van der Waals surface area contributed by atoms with Crippen molar-refractivity contribution in [3.63, 3.8) is 0 Å². The minimum absolute atomic E-state index is 0.115. The molecule has 1 amide bonds. The molecule has 4 fully saturated rings. The molecule has 5 heteroatoms. The first-order valence-electron chi connectivity index (χ1n) is 7.09. The summed E-state index contributed by atoms with van der Waals surface area (Å²) >= 11 is 0. The fraction of sp³-hybridized carbons (Fsp3) is 0.923. The SMILES string of the molecule is O=C(OC1C2CC3CNC1C3C2)N1CCOCC1. The molecule has 4 aliphatic rings. The van der Waals surface area contributed by atoms with Crippen molar-refractivity contribution in [1.82, 2.24) is 10.2 Å². The predicted octanol–water partition coefficient (Wildman–Crippen LogP) is 0.452. The molecule has 0 aromatic carbocycles. The van der Waals surface area contributed by atoms with E-state index in [2.05, 4.69) is 5.32 Å². The van der Waals surface area contributed by atoms with Crippen molar-refractivity contribution < 1.29 is 14.3 Å². The molecule has 2 bridgehead atoms. The summed E-state index contributed by atoms with van der Waals surface area (Å²) in [7, 11) is 0. The summed E-state index contributed by atoms with van der Waals surface area (Å²) in [6, 6.07) is 0.429. The van der Waals surface area contributed by atoms with Crippen LogP contribution in [0.5, 0.6) is 0 Å². The van der Waals surface area contributed by atoms with Crippen LogP contribution >= 0.6 is 0 Å². The Labute approximate surface area is 107 Å². The van der Waals surface area contributed by atoms with Crippen molar-refractivity contribution in [3.05, 3.63) is 0 Å². The van der Waals surface area contributed by atoms with E-state index in [9.17, 15) is 4.79 Å². The van der Waals surface area contributed by atoms with Gasteiger partial charge in [0.15, 0.2) is 0 Å². The summed E-state index contributed by atoms with van der Waals surface area (Å²) in [5.41, 5.74) is 0. The summed E-state index contributed by atoms with van der Waals surface area (Å²) in [5, 5.41) is 3.55. The number of hydrogen-bond donors (Lipinski definition) is 1. The first-order valence-corrected chi connectivity index (χ1v) is 7.09. The van der Waals surface area contributed by atoms with E-state index < -0.39 is 0 Å². The molecule has 18 heavy (non-hydrogen) atoms. The van der Waals surface area contributed by atoms with Crippen LogP contribution in [0.25, 0.3) is 0 Å². The van der Waals surface area contributed by atoms with Gasteiger partial charge in [0.25, 0.3) is 0 Å². The number of rotatable bonds is 1. The molecule has 100 valence electrons. The zero-order valence-electron chi connectivity index (χ0n) is 10.5. The molecule has 1 N–H and O–H groups in total. The molecule has 2 saturated carbocycles. The maximum atomic E-state index is 12.1. The Morgan fingerprint density at radius 1 is 1.22 bits per heavy atom. The third-order valence-electron chi connectivity index (χ3n) is 5.19. The summed E-state index contributed by atoms with van der Waals surface area (Å²) in [4.78, 5) is 13.9. The standard InChI is InChI=1S/C13H20N2O3/c16-13(15-1-3-17-4-2-15)18-12-8-5-9-7-14-11(12)10(9)6-8/h8-12,14H,1-7H2. The van der Waals surface area contributed by atoms with E-state index in [4.69, 9.17) is 9.47 Å². The lowest BCUT2D eigenvalue weighted by Gasteiger charge is -2.32. The van der Waals surface area contributed by atoms with Crippen molar-refractivity contribution in [2.45, 2.75) is 25.0 Å². The van der Waals surface area contributed by atoms with Gasteiger partial charge in [-0.2, -0.15) is 0 Å². The third kappa shape index (κ3) is 1.57. The van der Waals surface area contributed by atoms with Crippen LogP contribution in [0.3, 0.4) is 0 Å². The smallest absolute Gasteiger partial charge is 0.410 e. The van der Waals surface area contributed by atoms with E-state index >= 15 is 0 Å². The highest BCUT2D eigenvalue weighted by molar-refractivity contribution is 5.68. The van der Waals surface area contributed by atoms with Crippen molar-refractivity contribution in [2.75, 3.05) is 32.8 Å². The molecule has 0 aromatic rings. The summed E-state index contributed by atoms with van der Waals surface area (Å²) in [6.45, 7) is 3.73. The van der Waals surface area contributed by atoms with Gasteiger partial charge in [0.1, 0.15) is 6.10 Å². The van der Waals surface area contributed by atoms with Crippen molar-refractivity contribution in [3.8, 4) is 0 Å². The Kier molecular flexibility index (Phi) is 2.52. The quantitative estimate of drug-likeness (QED) is 0.736. The fourth-order valence-electron chi connectivity index (χ4n) is 4.34. The van der Waals surface area contributed by atoms with Crippen molar-refractivity contribution in [1.29, 1.82) is 0 Å². The monoisotopic (exact) mass is 252 g/mol. The topological polar surface area (TPSA) is 50.8 Å². The molecule has 5 unspecified atom stereocenters. The molecule has 2 aliphatic carbocycles. The van der Waals surface area contributed by atoms with Gasteiger partial charge in [-0.05, 0) is 37.1 Å². The van der Waals surface area contributed by atoms with Crippen LogP contribution in [-0.4, -0.2) is 56.0 Å². The molecule has 4 rings (SSSR count). The zero-order valence-corrected chi connectivity index (χ0v) is 10.5. The second kappa shape index (κ2) is 4.10. The highest BCUT2D eigenvalue weighted by Gasteiger charge is 2.57. The fourth-order valence-corrected chi connectivity index (χ4v) is 4.34. The Bertz CT molecular complexity index is 354. The molecule has 5 nitrogen and oxygen atoms in total. The van der Waals surface area contributed by atoms with Gasteiger partial charge in [0.2, 0.25) is 0 Å². The second-order valence-corrected chi connectivity index (χ2v) is 6.04. The Morgan fingerprint density at radius 3 is 2.89 bits per heavy atom. The molecule has 2 saturated heterocycles. The summed E-state index contributed by atoms with van der Waals surface area (Å²) in [5.74, 6) is 2.21. The predicted molar refractivity (Wildman–Crippen MR) is 64.2 cm³/mol. The lowest BCUT2D eigenvalue weighted by atomic mass is 9.88. The minimum Gasteiger partial charge on any atom is -0.444 e. The Morgan fingerprint density at radius 2 is 2.06 bits per heavy atom. The molecule has 5 atom stereocenters. The van der Waals surface area contributed by atoms with Crippen LogP contribution in [0.4, 0.5) is 4.79 Å². The van der Waals surface area contributed by atoms with Crippen LogP contribution in [0, 0.1) is 17.8 Å². The maximum Gasteiger partial charge on any atom is 0.410 e. The number of carbonyl (C=O) groups is 1. The molecule has 0 aromatic heterocycles. The largest absolute Gasteiger partial charge is 0.444 e. The first-order chi connectivity index (χ1) is 8.83. The molecule has 0 radical (unpaired) electrons. The van der Waals surface area contributed by atoms with Gasteiger partial charge in [-0.1, -0.05) is 0 Å². The highest BCUT2D eigenvalue weighted by Crippen LogP contribution is 2.52. The molecule has 2 heterocycles. The van der Waals surface area contributed by atoms with Crippen LogP contribution in [0.15, 0.2) is 0 Å². The van der Waals surface area contributed by atoms with Gasteiger partial charge in [0, 0.05) is 19.1 Å². The van der Waals surface area contributed by atoms with E-state index in [0.717, 1.165) is 18.4 Å². The van der Waals surface area contributed by atoms with Gasteiger partial charge < -0.3 is 19.7 Å². The van der Waals surface area contributed by atoms with Gasteiger partial charge >= 0.3 is 6.09 Å². The van der Waals surface area contributed by atoms with E-state index in [-0.39, 0.29) is 12.2 Å². The number of amides is 1. The average Bonchev–Trinajstić information content (AvgIpc) is 3.01. The molecule has 2 aliphatic heterocycles. The Balaban J connectivity index is 1.41. The lowest BCUT2D eigenvalue weighted by Crippen LogP contribution is -2.46. The minimum atomic E-state index is -0.138. The zero-order chi connectivity index (χ0) is 12.1. The average molecular weight is 252 g/mol. The summed E-state index contributed by atoms with van der Waals surface area (Å²) < 4.78 is 11.0. The van der Waals surface area contributed by atoms with Crippen LogP contribution < -0.4 is 5.32 Å². The van der Waals surface area contributed by atoms with Crippen molar-refractivity contribution >= 4 is 6.09 Å². The number of ether oxygens (including phenoxy) is 2. The van der Waals surface area contributed by atoms with E-state index in [1.54, 1.807) is 4.90 Å². The number of morpholine rings is 1. The normalized spacial score (nSPS) is 45.6. The van der Waals surface area contributed by atoms with E-state index in [1.165, 1.54) is 12.8 Å². The third-order valence-corrected chi connectivity index (χ3v) is 5.19. The maximum absolute atomic E-state index is 12.1. The van der Waals surface area contributed by atoms with Gasteiger partial charge in [0.05, 0.1) is 13.2 Å². The van der Waals surface area contributed by atoms with E-state index in [1.807, 2.05) is 0 Å². The molecule has 0 spiro atoms. The number of nitrogens with one attached hydrogen (secondary N) is 1. The second-order valence-electron chi connectivity index (χ2n) is 6.04. The van der Waals surface area contributed by atoms with Gasteiger partial charge in [-0.15, -0.1) is 0 Å². The van der Waals surface area contributed by atoms with Gasteiger partial charge in [-0.3, -0.25) is 0 Å². The van der Waals surface area contributed by atoms with Crippen molar-refractivity contribution in [2.24, 2.45) is 17.8 Å². The molecular formula is C13H20N2O3. The van der Waals surface area contributed by atoms with Crippen LogP contribution in [0.1, 0.15) is 12.8 Å². The number of nitrogens with zero attached hydrogens (tertiary/aromatic N) is 1. The molecular weight excluding hydrogens is 232 g/mol. The van der Waals surface area contributed by atoms with E-state index in [0.29, 0.717) is 38.3 Å². The number of fused-ring (bicyclic) bond motifs is 1. The number of hydrogen-bond acceptors (Lipinski definition) is 4. The first kappa shape index (κ1) is 11.1. The lowest BCUT2D eigenvalue weighted by molar-refractivity contribution is -0.00424. The summed E-state index contributed by atoms with van der Waals surface area (Å²) in [6.07, 6.45) is 2.48. The van der Waals surface area contributed by atoms with Crippen LogP contribution in [-0.2, 0) is 9.47 Å². The Hall–Kier alpha value is -0.810. The van der Waals surface area contributed by atoms with Gasteiger partial charge in [-0.25, -0.2) is 4.79 Å². The highest BCUT2D eigenvalue weighted by atomic mass is 16.6. The van der Waals surface area contributed by atoms with Crippen LogP contribution in [0.2, 0.25) is 0 Å². The number of carbonyl (C=O) groups excluding carboxylic acids is 1.